The van der Waals surface area contributed by atoms with Gasteiger partial charge in [-0.15, -0.1) is 0 Å². The number of nitrogens with one attached hydrogen (secondary N) is 1. The lowest BCUT2D eigenvalue weighted by molar-refractivity contribution is -0.184. The van der Waals surface area contributed by atoms with Gasteiger partial charge >= 0.3 is 5.97 Å². The molecule has 0 spiro atoms. The number of rotatable bonds is 20. The van der Waals surface area contributed by atoms with Crippen LogP contribution in [0, 0.1) is 23.7 Å². The summed E-state index contributed by atoms with van der Waals surface area (Å²) in [4.78, 5) is 82.3. The second-order valence-electron chi connectivity index (χ2n) is 16.1. The van der Waals surface area contributed by atoms with Gasteiger partial charge in [-0.25, -0.2) is 10.1 Å². The van der Waals surface area contributed by atoms with Crippen LogP contribution in [0.2, 0.25) is 0 Å². The number of amides is 5. The van der Waals surface area contributed by atoms with Gasteiger partial charge in [-0.3, -0.25) is 38.4 Å². The number of hydrogen-bond acceptors (Lipinski definition) is 9. The van der Waals surface area contributed by atoms with Gasteiger partial charge in [-0.05, 0) is 68.0 Å². The maximum absolute atomic E-state index is 13.3. The lowest BCUT2D eigenvalue weighted by Crippen LogP contribution is -2.48. The zero-order chi connectivity index (χ0) is 42.4. The number of likely N-dealkylation sites (tertiary alicyclic amines) is 1. The van der Waals surface area contributed by atoms with Crippen molar-refractivity contribution in [2.24, 2.45) is 35.1 Å². The zero-order valence-corrected chi connectivity index (χ0v) is 34.2. The molecule has 0 unspecified atom stereocenters. The summed E-state index contributed by atoms with van der Waals surface area (Å²) >= 11 is 0. The van der Waals surface area contributed by atoms with Crippen LogP contribution in [0.15, 0.2) is 60.7 Å². The van der Waals surface area contributed by atoms with E-state index in [9.17, 15) is 33.9 Å². The number of carboxylic acids is 1. The standard InChI is InChI=1S/C22H31N3O4.C17H23NO4.C5H10N2O/c23-21(27)20-11-6-12-25(20)22(28)19(13-17-7-4-5-8-17)14-24(16-26)29-15-18-9-2-1-3-10-18;19-13-18(22-12-15-8-2-1-3-9-15)11-16(17(20)21)10-14-6-4-5-7-14;6-5(8)4-2-1-3-7-4/h1-3,9-10,16-17,19-20H,4-8,11-15H2,(H2,23,27);1-3,8-9,13-14,16H,4-7,10-12H2,(H,20,21);4,7H,1-3H2,(H2,6,8)/t19-,20+;16-;4-/m110/s1. The number of nitrogens with two attached hydrogens (primary N) is 2. The molecule has 2 aromatic carbocycles. The molecule has 2 saturated carbocycles. The summed E-state index contributed by atoms with van der Waals surface area (Å²) in [5.74, 6) is -1.64. The minimum Gasteiger partial charge on any atom is -0.481 e. The van der Waals surface area contributed by atoms with Crippen LogP contribution in [0.3, 0.4) is 0 Å². The van der Waals surface area contributed by atoms with Crippen LogP contribution in [0.1, 0.15) is 101 Å². The van der Waals surface area contributed by atoms with E-state index in [0.29, 0.717) is 50.5 Å². The molecule has 6 N–H and O–H groups in total. The third-order valence-corrected chi connectivity index (χ3v) is 11.7. The normalized spacial score (nSPS) is 20.0. The van der Waals surface area contributed by atoms with Gasteiger partial charge in [0.15, 0.2) is 0 Å². The molecule has 59 heavy (non-hydrogen) atoms. The van der Waals surface area contributed by atoms with Gasteiger partial charge in [0.1, 0.15) is 19.3 Å². The van der Waals surface area contributed by atoms with Crippen molar-refractivity contribution in [2.45, 2.75) is 115 Å². The van der Waals surface area contributed by atoms with Gasteiger partial charge in [0.05, 0.1) is 31.0 Å². The summed E-state index contributed by atoms with van der Waals surface area (Å²) in [5, 5.41) is 14.7. The zero-order valence-electron chi connectivity index (χ0n) is 34.2. The molecule has 0 radical (unpaired) electrons. The molecule has 2 aliphatic heterocycles. The Hall–Kier alpha value is -4.86. The number of carbonyl (C=O) groups is 6. The monoisotopic (exact) mass is 820 g/mol. The molecule has 2 aliphatic carbocycles. The smallest absolute Gasteiger partial charge is 0.308 e. The summed E-state index contributed by atoms with van der Waals surface area (Å²) in [6.07, 6.45) is 15.0. The molecule has 2 aromatic rings. The molecule has 4 aliphatic rings. The number of aliphatic carboxylic acids is 1. The molecule has 2 saturated heterocycles. The SMILES string of the molecule is NC(=O)[C@@H]1CCCN1.NC(=O)[C@@H]1CCCN1C(=O)[C@H](CC1CCCC1)CN(C=O)OCc1ccccc1.O=CN(C[C@@H](CC1CCCC1)C(=O)O)OCc1ccccc1. The number of benzene rings is 2. The van der Waals surface area contributed by atoms with Crippen molar-refractivity contribution in [2.75, 3.05) is 26.2 Å². The molecule has 15 heteroatoms. The number of carbonyl (C=O) groups excluding carboxylic acids is 5. The number of hydroxylamine groups is 4. The fourth-order valence-corrected chi connectivity index (χ4v) is 8.44. The van der Waals surface area contributed by atoms with Crippen molar-refractivity contribution in [1.82, 2.24) is 20.3 Å². The Kier molecular flexibility index (Phi) is 20.3. The Morgan fingerprint density at radius 2 is 1.19 bits per heavy atom. The second kappa shape index (κ2) is 25.6. The van der Waals surface area contributed by atoms with Gasteiger partial charge in [-0.1, -0.05) is 112 Å². The van der Waals surface area contributed by atoms with Crippen LogP contribution >= 0.6 is 0 Å². The number of carboxylic acid groups (broad SMARTS) is 1. The van der Waals surface area contributed by atoms with Gasteiger partial charge in [-0.2, -0.15) is 0 Å². The Bertz CT molecular complexity index is 1580. The van der Waals surface area contributed by atoms with E-state index < -0.39 is 23.8 Å². The third-order valence-electron chi connectivity index (χ3n) is 11.7. The van der Waals surface area contributed by atoms with E-state index >= 15 is 0 Å². The Labute approximate surface area is 348 Å². The molecule has 0 aromatic heterocycles. The van der Waals surface area contributed by atoms with E-state index in [1.807, 2.05) is 60.7 Å². The minimum absolute atomic E-state index is 0.0463. The van der Waals surface area contributed by atoms with Crippen LogP contribution in [0.5, 0.6) is 0 Å². The molecule has 15 nitrogen and oxygen atoms in total. The van der Waals surface area contributed by atoms with E-state index in [2.05, 4.69) is 5.32 Å². The van der Waals surface area contributed by atoms with Crippen LogP contribution in [-0.4, -0.2) is 94.9 Å². The van der Waals surface area contributed by atoms with E-state index in [0.717, 1.165) is 67.7 Å². The Morgan fingerprint density at radius 1 is 0.695 bits per heavy atom. The molecular formula is C44H64N6O9. The van der Waals surface area contributed by atoms with Gasteiger partial charge in [0.2, 0.25) is 30.5 Å². The molecule has 5 amide bonds. The van der Waals surface area contributed by atoms with Crippen LogP contribution in [0.4, 0.5) is 0 Å². The highest BCUT2D eigenvalue weighted by Crippen LogP contribution is 2.33. The topological polar surface area (TPSA) is 215 Å². The molecule has 4 fully saturated rings. The number of nitrogens with zero attached hydrogens (tertiary/aromatic N) is 3. The molecule has 6 rings (SSSR count). The van der Waals surface area contributed by atoms with Crippen LogP contribution in [-0.2, 0) is 51.7 Å². The first-order chi connectivity index (χ1) is 28.6. The second-order valence-corrected chi connectivity index (χ2v) is 16.1. The summed E-state index contributed by atoms with van der Waals surface area (Å²) in [7, 11) is 0. The van der Waals surface area contributed by atoms with Crippen molar-refractivity contribution in [3.8, 4) is 0 Å². The minimum atomic E-state index is -0.859. The molecule has 0 bridgehead atoms. The van der Waals surface area contributed by atoms with E-state index in [4.69, 9.17) is 21.1 Å². The molecular weight excluding hydrogens is 757 g/mol. The first kappa shape index (κ1) is 46.8. The van der Waals surface area contributed by atoms with Crippen LogP contribution in [0.25, 0.3) is 0 Å². The van der Waals surface area contributed by atoms with Crippen molar-refractivity contribution >= 4 is 36.5 Å². The predicted molar refractivity (Wildman–Crippen MR) is 220 cm³/mol. The highest BCUT2D eigenvalue weighted by Gasteiger charge is 2.38. The lowest BCUT2D eigenvalue weighted by atomic mass is 9.91. The first-order valence-electron chi connectivity index (χ1n) is 21.2. The third kappa shape index (κ3) is 16.4. The highest BCUT2D eigenvalue weighted by atomic mass is 16.7. The maximum Gasteiger partial charge on any atom is 0.308 e. The Balaban J connectivity index is 0.000000225. The Morgan fingerprint density at radius 3 is 1.59 bits per heavy atom. The largest absolute Gasteiger partial charge is 0.481 e. The van der Waals surface area contributed by atoms with E-state index in [1.54, 1.807) is 4.90 Å². The maximum atomic E-state index is 13.3. The van der Waals surface area contributed by atoms with E-state index in [1.165, 1.54) is 30.7 Å². The van der Waals surface area contributed by atoms with Gasteiger partial charge < -0.3 is 26.8 Å². The lowest BCUT2D eigenvalue weighted by Gasteiger charge is -2.30. The van der Waals surface area contributed by atoms with Crippen molar-refractivity contribution in [3.63, 3.8) is 0 Å². The first-order valence-corrected chi connectivity index (χ1v) is 21.2. The average molecular weight is 821 g/mol. The summed E-state index contributed by atoms with van der Waals surface area (Å²) in [6.45, 7) is 2.29. The molecule has 4 atom stereocenters. The number of primary amides is 2. The van der Waals surface area contributed by atoms with Crippen molar-refractivity contribution < 1.29 is 43.5 Å². The summed E-state index contributed by atoms with van der Waals surface area (Å²) < 4.78 is 0. The molecule has 2 heterocycles. The highest BCUT2D eigenvalue weighted by molar-refractivity contribution is 5.88. The summed E-state index contributed by atoms with van der Waals surface area (Å²) in [5.41, 5.74) is 12.4. The van der Waals surface area contributed by atoms with Crippen LogP contribution < -0.4 is 16.8 Å². The molecule has 324 valence electrons. The quantitative estimate of drug-likeness (QED) is 0.110. The van der Waals surface area contributed by atoms with E-state index in [-0.39, 0.29) is 50.1 Å². The average Bonchev–Trinajstić information content (AvgIpc) is 4.10. The van der Waals surface area contributed by atoms with Gasteiger partial charge in [0, 0.05) is 6.54 Å². The predicted octanol–water partition coefficient (Wildman–Crippen LogP) is 4.33. The summed E-state index contributed by atoms with van der Waals surface area (Å²) in [6, 6.07) is 18.5. The fourth-order valence-electron chi connectivity index (χ4n) is 8.44. The number of hydrogen-bond donors (Lipinski definition) is 4. The van der Waals surface area contributed by atoms with Crippen molar-refractivity contribution in [3.05, 3.63) is 71.8 Å². The fraction of sp³-hybridized carbons (Fsp3) is 0.591. The van der Waals surface area contributed by atoms with Crippen molar-refractivity contribution in [1.29, 1.82) is 0 Å². The van der Waals surface area contributed by atoms with Gasteiger partial charge in [0.25, 0.3) is 0 Å².